The van der Waals surface area contributed by atoms with Gasteiger partial charge in [-0.15, -0.1) is 0 Å². The fraction of sp³-hybridized carbons (Fsp3) is 0.259. The summed E-state index contributed by atoms with van der Waals surface area (Å²) in [5.41, 5.74) is 13.0. The lowest BCUT2D eigenvalue weighted by molar-refractivity contribution is 0.773. The van der Waals surface area contributed by atoms with Crippen molar-refractivity contribution in [3.8, 4) is 0 Å². The van der Waals surface area contributed by atoms with E-state index < -0.39 is 0 Å². The molecule has 0 amide bonds. The zero-order chi connectivity index (χ0) is 18.6. The van der Waals surface area contributed by atoms with Crippen LogP contribution in [-0.4, -0.2) is 0 Å². The Bertz CT molecular complexity index is 1070. The van der Waals surface area contributed by atoms with Crippen molar-refractivity contribution in [2.45, 2.75) is 45.4 Å². The van der Waals surface area contributed by atoms with Crippen molar-refractivity contribution < 1.29 is 0 Å². The Hall–Kier alpha value is -2.60. The van der Waals surface area contributed by atoms with Crippen molar-refractivity contribution in [1.29, 1.82) is 0 Å². The van der Waals surface area contributed by atoms with Crippen LogP contribution in [0.15, 0.2) is 77.9 Å². The third kappa shape index (κ3) is 1.99. The highest BCUT2D eigenvalue weighted by molar-refractivity contribution is 6.00. The molecule has 5 rings (SSSR count). The summed E-state index contributed by atoms with van der Waals surface area (Å²) >= 11 is 0. The van der Waals surface area contributed by atoms with E-state index in [1.54, 1.807) is 0 Å². The third-order valence-electron chi connectivity index (χ3n) is 6.50. The standard InChI is InChI=1S/C27H26/c1-4-10-23-19(5-2)20-11-6-8-13-24(20)27(23)25-14-9-7-12-21(25)22-16-15-18(3)17-26(22)27/h4,6,8,10-17H,5,7,9H2,1-3H3/b10-4-. The second kappa shape index (κ2) is 5.96. The molecule has 0 fully saturated rings. The Kier molecular flexibility index (Phi) is 3.65. The fourth-order valence-corrected chi connectivity index (χ4v) is 5.58. The average molecular weight is 351 g/mol. The summed E-state index contributed by atoms with van der Waals surface area (Å²) in [7, 11) is 0. The summed E-state index contributed by atoms with van der Waals surface area (Å²) in [6.45, 7) is 6.67. The van der Waals surface area contributed by atoms with Gasteiger partial charge >= 0.3 is 0 Å². The molecule has 0 saturated carbocycles. The maximum Gasteiger partial charge on any atom is 0.0719 e. The number of aryl methyl sites for hydroxylation is 1. The number of rotatable bonds is 2. The highest BCUT2D eigenvalue weighted by Gasteiger charge is 2.53. The molecule has 0 aliphatic heterocycles. The molecule has 134 valence electrons. The van der Waals surface area contributed by atoms with Crippen LogP contribution in [0.25, 0.3) is 11.1 Å². The van der Waals surface area contributed by atoms with Crippen LogP contribution in [0.3, 0.4) is 0 Å². The first-order valence-corrected chi connectivity index (χ1v) is 10.2. The molecular weight excluding hydrogens is 324 g/mol. The molecule has 0 radical (unpaired) electrons. The summed E-state index contributed by atoms with van der Waals surface area (Å²) in [5, 5.41) is 0. The molecule has 2 aromatic carbocycles. The summed E-state index contributed by atoms with van der Waals surface area (Å²) in [6.07, 6.45) is 12.9. The van der Waals surface area contributed by atoms with Crippen LogP contribution < -0.4 is 0 Å². The molecule has 1 spiro atoms. The number of allylic oxidation sites excluding steroid dienone is 8. The molecule has 0 heterocycles. The van der Waals surface area contributed by atoms with Crippen molar-refractivity contribution >= 4 is 11.1 Å². The van der Waals surface area contributed by atoms with Gasteiger partial charge in [-0.3, -0.25) is 0 Å². The number of hydrogen-bond acceptors (Lipinski definition) is 0. The molecule has 3 aliphatic carbocycles. The van der Waals surface area contributed by atoms with Crippen LogP contribution in [0.5, 0.6) is 0 Å². The minimum atomic E-state index is -0.137. The van der Waals surface area contributed by atoms with E-state index in [-0.39, 0.29) is 5.41 Å². The molecule has 0 saturated heterocycles. The van der Waals surface area contributed by atoms with Gasteiger partial charge in [-0.05, 0) is 77.7 Å². The van der Waals surface area contributed by atoms with Gasteiger partial charge in [0.1, 0.15) is 0 Å². The lowest BCUT2D eigenvalue weighted by Crippen LogP contribution is -2.27. The van der Waals surface area contributed by atoms with E-state index in [4.69, 9.17) is 0 Å². The first-order valence-electron chi connectivity index (χ1n) is 10.2. The van der Waals surface area contributed by atoms with Crippen molar-refractivity contribution in [2.75, 3.05) is 0 Å². The largest absolute Gasteiger partial charge is 0.0873 e. The Morgan fingerprint density at radius 2 is 1.78 bits per heavy atom. The van der Waals surface area contributed by atoms with Crippen LogP contribution in [0.4, 0.5) is 0 Å². The molecule has 3 aliphatic rings. The lowest BCUT2D eigenvalue weighted by Gasteiger charge is -2.33. The van der Waals surface area contributed by atoms with Crippen LogP contribution >= 0.6 is 0 Å². The first-order chi connectivity index (χ1) is 13.2. The minimum absolute atomic E-state index is 0.137. The highest BCUT2D eigenvalue weighted by Crippen LogP contribution is 2.64. The quantitative estimate of drug-likeness (QED) is 0.539. The Balaban J connectivity index is 1.98. The van der Waals surface area contributed by atoms with Crippen molar-refractivity contribution in [3.63, 3.8) is 0 Å². The molecule has 0 N–H and O–H groups in total. The maximum atomic E-state index is 2.52. The van der Waals surface area contributed by atoms with Crippen molar-refractivity contribution in [2.24, 2.45) is 0 Å². The summed E-state index contributed by atoms with van der Waals surface area (Å²) in [6, 6.07) is 16.2. The number of fused-ring (bicyclic) bond motifs is 7. The van der Waals surface area contributed by atoms with E-state index in [1.165, 1.54) is 50.1 Å². The average Bonchev–Trinajstić information content (AvgIpc) is 3.14. The van der Waals surface area contributed by atoms with Crippen LogP contribution in [0.1, 0.15) is 60.9 Å². The lowest BCUT2D eigenvalue weighted by atomic mass is 9.68. The minimum Gasteiger partial charge on any atom is -0.0873 e. The smallest absolute Gasteiger partial charge is 0.0719 e. The summed E-state index contributed by atoms with van der Waals surface area (Å²) < 4.78 is 0. The molecule has 0 aromatic heterocycles. The van der Waals surface area contributed by atoms with E-state index in [1.807, 2.05) is 0 Å². The van der Waals surface area contributed by atoms with E-state index in [2.05, 4.69) is 87.5 Å². The van der Waals surface area contributed by atoms with E-state index in [9.17, 15) is 0 Å². The Morgan fingerprint density at radius 1 is 0.963 bits per heavy atom. The molecule has 0 heteroatoms. The normalized spacial score (nSPS) is 22.8. The predicted octanol–water partition coefficient (Wildman–Crippen LogP) is 7.15. The van der Waals surface area contributed by atoms with Crippen molar-refractivity contribution in [3.05, 3.63) is 106 Å². The Labute approximate surface area is 162 Å². The molecule has 0 nitrogen and oxygen atoms in total. The van der Waals surface area contributed by atoms with Gasteiger partial charge in [0.15, 0.2) is 0 Å². The van der Waals surface area contributed by atoms with E-state index >= 15 is 0 Å². The molecular formula is C27H26. The van der Waals surface area contributed by atoms with Gasteiger partial charge in [-0.25, -0.2) is 0 Å². The molecule has 2 aromatic rings. The summed E-state index contributed by atoms with van der Waals surface area (Å²) in [5.74, 6) is 0. The van der Waals surface area contributed by atoms with Gasteiger partial charge in [-0.2, -0.15) is 0 Å². The number of benzene rings is 2. The van der Waals surface area contributed by atoms with Gasteiger partial charge in [0.25, 0.3) is 0 Å². The van der Waals surface area contributed by atoms with Crippen LogP contribution in [-0.2, 0) is 5.41 Å². The van der Waals surface area contributed by atoms with Gasteiger partial charge in [0, 0.05) is 0 Å². The van der Waals surface area contributed by atoms with Crippen molar-refractivity contribution in [1.82, 2.24) is 0 Å². The maximum absolute atomic E-state index is 2.52. The van der Waals surface area contributed by atoms with Gasteiger partial charge in [0.2, 0.25) is 0 Å². The fourth-order valence-electron chi connectivity index (χ4n) is 5.58. The van der Waals surface area contributed by atoms with E-state index in [0.29, 0.717) is 0 Å². The third-order valence-corrected chi connectivity index (χ3v) is 6.50. The SMILES string of the molecule is C/C=C\C1=C(CC)c2ccccc2C12C1=CCCC=C1c1ccc(C)cc12. The van der Waals surface area contributed by atoms with Gasteiger partial charge in [-0.1, -0.05) is 79.3 Å². The predicted molar refractivity (Wildman–Crippen MR) is 116 cm³/mol. The van der Waals surface area contributed by atoms with Crippen LogP contribution in [0, 0.1) is 6.92 Å². The zero-order valence-corrected chi connectivity index (χ0v) is 16.5. The zero-order valence-electron chi connectivity index (χ0n) is 16.5. The topological polar surface area (TPSA) is 0 Å². The number of hydrogen-bond donors (Lipinski definition) is 0. The second-order valence-corrected chi connectivity index (χ2v) is 7.90. The monoisotopic (exact) mass is 350 g/mol. The van der Waals surface area contributed by atoms with Crippen LogP contribution in [0.2, 0.25) is 0 Å². The van der Waals surface area contributed by atoms with Gasteiger partial charge in [0.05, 0.1) is 5.41 Å². The second-order valence-electron chi connectivity index (χ2n) is 7.90. The van der Waals surface area contributed by atoms with Gasteiger partial charge < -0.3 is 0 Å². The summed E-state index contributed by atoms with van der Waals surface area (Å²) in [4.78, 5) is 0. The molecule has 27 heavy (non-hydrogen) atoms. The Morgan fingerprint density at radius 3 is 2.59 bits per heavy atom. The molecule has 1 unspecified atom stereocenters. The molecule has 1 atom stereocenters. The molecule has 0 bridgehead atoms. The highest BCUT2D eigenvalue weighted by atomic mass is 14.5. The van der Waals surface area contributed by atoms with E-state index in [0.717, 1.165) is 19.3 Å². The first kappa shape index (κ1) is 16.6.